The molecule has 6 heteroatoms. The van der Waals surface area contributed by atoms with E-state index in [1.165, 1.54) is 23.0 Å². The van der Waals surface area contributed by atoms with Crippen molar-refractivity contribution in [2.45, 2.75) is 32.7 Å². The van der Waals surface area contributed by atoms with Gasteiger partial charge in [0, 0.05) is 6.54 Å². The Bertz CT molecular complexity index is 697. The van der Waals surface area contributed by atoms with Crippen molar-refractivity contribution in [3.63, 3.8) is 0 Å². The van der Waals surface area contributed by atoms with Crippen LogP contribution in [0.2, 0.25) is 0 Å². The lowest BCUT2D eigenvalue weighted by molar-refractivity contribution is -0.121. The summed E-state index contributed by atoms with van der Waals surface area (Å²) >= 11 is 0. The largest absolute Gasteiger partial charge is 0.355 e. The number of halogens is 1. The van der Waals surface area contributed by atoms with Gasteiger partial charge in [0.15, 0.2) is 0 Å². The van der Waals surface area contributed by atoms with Crippen LogP contribution in [0.4, 0.5) is 4.39 Å². The molecule has 1 aromatic carbocycles. The predicted molar refractivity (Wildman–Crippen MR) is 78.5 cm³/mol. The number of hydrogen-bond donors (Lipinski definition) is 1. The van der Waals surface area contributed by atoms with Crippen molar-refractivity contribution < 1.29 is 9.18 Å². The number of benzene rings is 1. The number of amides is 1. The third kappa shape index (κ3) is 3.87. The van der Waals surface area contributed by atoms with Crippen molar-refractivity contribution in [1.29, 1.82) is 0 Å². The van der Waals surface area contributed by atoms with Crippen LogP contribution in [-0.2, 0) is 11.3 Å². The number of nitrogens with one attached hydrogen (secondary N) is 1. The fraction of sp³-hybridized carbons (Fsp3) is 0.400. The molecule has 1 amide bonds. The molecule has 0 radical (unpaired) electrons. The first kappa shape index (κ1) is 15.2. The second kappa shape index (κ2) is 6.97. The zero-order valence-corrected chi connectivity index (χ0v) is 11.9. The molecule has 0 aliphatic rings. The monoisotopic (exact) mass is 291 g/mol. The molecule has 1 aromatic heterocycles. The number of unbranched alkanes of at least 4 members (excludes halogenated alkanes) is 2. The highest BCUT2D eigenvalue weighted by molar-refractivity contribution is 5.78. The van der Waals surface area contributed by atoms with E-state index in [0.29, 0.717) is 12.1 Å². The summed E-state index contributed by atoms with van der Waals surface area (Å²) in [6.45, 7) is 2.57. The smallest absolute Gasteiger partial charge is 0.261 e. The van der Waals surface area contributed by atoms with Crippen LogP contribution < -0.4 is 10.9 Å². The lowest BCUT2D eigenvalue weighted by atomic mass is 10.2. The van der Waals surface area contributed by atoms with E-state index in [2.05, 4.69) is 17.2 Å². The highest BCUT2D eigenvalue weighted by atomic mass is 19.1. The molecule has 0 aliphatic heterocycles. The first-order chi connectivity index (χ1) is 10.1. The average molecular weight is 291 g/mol. The molecule has 0 saturated heterocycles. The van der Waals surface area contributed by atoms with E-state index in [0.717, 1.165) is 25.3 Å². The number of carbonyl (C=O) groups is 1. The summed E-state index contributed by atoms with van der Waals surface area (Å²) in [6, 6.07) is 3.83. The average Bonchev–Trinajstić information content (AvgIpc) is 2.47. The molecular weight excluding hydrogens is 273 g/mol. The molecular formula is C15H18FN3O2. The number of nitrogens with zero attached hydrogens (tertiary/aromatic N) is 2. The summed E-state index contributed by atoms with van der Waals surface area (Å²) in [5.74, 6) is -0.742. The van der Waals surface area contributed by atoms with Crippen LogP contribution in [0.1, 0.15) is 26.2 Å². The van der Waals surface area contributed by atoms with Crippen LogP contribution in [0.15, 0.2) is 29.3 Å². The van der Waals surface area contributed by atoms with Gasteiger partial charge in [0.1, 0.15) is 12.4 Å². The zero-order valence-electron chi connectivity index (χ0n) is 11.9. The Morgan fingerprint density at radius 2 is 2.19 bits per heavy atom. The maximum atomic E-state index is 13.2. The van der Waals surface area contributed by atoms with E-state index in [4.69, 9.17) is 0 Å². The molecule has 21 heavy (non-hydrogen) atoms. The van der Waals surface area contributed by atoms with Crippen molar-refractivity contribution in [3.8, 4) is 0 Å². The van der Waals surface area contributed by atoms with E-state index >= 15 is 0 Å². The molecule has 5 nitrogen and oxygen atoms in total. The molecule has 112 valence electrons. The predicted octanol–water partition coefficient (Wildman–Crippen LogP) is 1.84. The first-order valence-corrected chi connectivity index (χ1v) is 7.03. The van der Waals surface area contributed by atoms with Gasteiger partial charge in [-0.25, -0.2) is 9.37 Å². The van der Waals surface area contributed by atoms with E-state index in [-0.39, 0.29) is 17.8 Å². The Hall–Kier alpha value is -2.24. The Morgan fingerprint density at radius 3 is 2.95 bits per heavy atom. The maximum absolute atomic E-state index is 13.2. The summed E-state index contributed by atoms with van der Waals surface area (Å²) in [6.07, 6.45) is 4.36. The number of hydrogen-bond acceptors (Lipinski definition) is 3. The van der Waals surface area contributed by atoms with E-state index in [9.17, 15) is 14.0 Å². The van der Waals surface area contributed by atoms with Crippen molar-refractivity contribution >= 4 is 16.8 Å². The van der Waals surface area contributed by atoms with Crippen LogP contribution in [0.5, 0.6) is 0 Å². The minimum atomic E-state index is -0.497. The molecule has 0 atom stereocenters. The van der Waals surface area contributed by atoms with Gasteiger partial charge in [-0.1, -0.05) is 19.8 Å². The molecule has 0 bridgehead atoms. The Morgan fingerprint density at radius 1 is 1.38 bits per heavy atom. The van der Waals surface area contributed by atoms with Gasteiger partial charge in [-0.3, -0.25) is 14.2 Å². The summed E-state index contributed by atoms with van der Waals surface area (Å²) in [5.41, 5.74) is 0.00390. The quantitative estimate of drug-likeness (QED) is 0.826. The molecule has 0 saturated carbocycles. The van der Waals surface area contributed by atoms with Crippen LogP contribution in [0.3, 0.4) is 0 Å². The highest BCUT2D eigenvalue weighted by Gasteiger charge is 2.08. The normalized spacial score (nSPS) is 10.8. The number of fused-ring (bicyclic) bond motifs is 1. The number of aromatic nitrogens is 2. The summed E-state index contributed by atoms with van der Waals surface area (Å²) in [5, 5.41) is 2.93. The Kier molecular flexibility index (Phi) is 5.03. The molecule has 0 unspecified atom stereocenters. The lowest BCUT2D eigenvalue weighted by Crippen LogP contribution is -2.33. The first-order valence-electron chi connectivity index (χ1n) is 7.03. The number of carbonyl (C=O) groups excluding carboxylic acids is 1. The summed E-state index contributed by atoms with van der Waals surface area (Å²) in [7, 11) is 0. The molecule has 0 fully saturated rings. The van der Waals surface area contributed by atoms with Gasteiger partial charge in [-0.05, 0) is 24.6 Å². The third-order valence-corrected chi connectivity index (χ3v) is 3.20. The topological polar surface area (TPSA) is 64.0 Å². The van der Waals surface area contributed by atoms with E-state index < -0.39 is 11.4 Å². The van der Waals surface area contributed by atoms with Crippen LogP contribution in [0, 0.1) is 5.82 Å². The molecule has 1 heterocycles. The standard InChI is InChI=1S/C15H18FN3O2/c1-2-3-4-7-17-14(20)9-19-10-18-13-6-5-11(16)8-12(13)15(19)21/h5-6,8,10H,2-4,7,9H2,1H3,(H,17,20). The third-order valence-electron chi connectivity index (χ3n) is 3.20. The Balaban J connectivity index is 2.10. The molecule has 2 aromatic rings. The van der Waals surface area contributed by atoms with E-state index in [1.807, 2.05) is 0 Å². The van der Waals surface area contributed by atoms with Gasteiger partial charge < -0.3 is 5.32 Å². The number of rotatable bonds is 6. The summed E-state index contributed by atoms with van der Waals surface area (Å²) in [4.78, 5) is 28.0. The maximum Gasteiger partial charge on any atom is 0.261 e. The second-order valence-electron chi connectivity index (χ2n) is 4.90. The SMILES string of the molecule is CCCCCNC(=O)Cn1cnc2ccc(F)cc2c1=O. The van der Waals surface area contributed by atoms with Gasteiger partial charge >= 0.3 is 0 Å². The van der Waals surface area contributed by atoms with Crippen molar-refractivity contribution in [2.75, 3.05) is 6.54 Å². The molecule has 1 N–H and O–H groups in total. The van der Waals surface area contributed by atoms with Crippen LogP contribution in [-0.4, -0.2) is 22.0 Å². The fourth-order valence-corrected chi connectivity index (χ4v) is 2.06. The minimum absolute atomic E-state index is 0.107. The molecule has 0 spiro atoms. The van der Waals surface area contributed by atoms with Crippen molar-refractivity contribution in [3.05, 3.63) is 40.7 Å². The second-order valence-corrected chi connectivity index (χ2v) is 4.90. The van der Waals surface area contributed by atoms with Gasteiger partial charge in [-0.2, -0.15) is 0 Å². The Labute approximate surface area is 121 Å². The van der Waals surface area contributed by atoms with Gasteiger partial charge in [0.25, 0.3) is 5.56 Å². The minimum Gasteiger partial charge on any atom is -0.355 e. The van der Waals surface area contributed by atoms with E-state index in [1.54, 1.807) is 0 Å². The lowest BCUT2D eigenvalue weighted by Gasteiger charge is -2.07. The van der Waals surface area contributed by atoms with Crippen molar-refractivity contribution in [2.24, 2.45) is 0 Å². The molecule has 0 aliphatic carbocycles. The van der Waals surface area contributed by atoms with Gasteiger partial charge in [0.05, 0.1) is 17.2 Å². The van der Waals surface area contributed by atoms with Crippen LogP contribution >= 0.6 is 0 Å². The summed E-state index contributed by atoms with van der Waals surface area (Å²) < 4.78 is 14.4. The zero-order chi connectivity index (χ0) is 15.2. The van der Waals surface area contributed by atoms with Crippen LogP contribution in [0.25, 0.3) is 10.9 Å². The van der Waals surface area contributed by atoms with Gasteiger partial charge in [-0.15, -0.1) is 0 Å². The fourth-order valence-electron chi connectivity index (χ4n) is 2.06. The van der Waals surface area contributed by atoms with Gasteiger partial charge in [0.2, 0.25) is 5.91 Å². The molecule has 2 rings (SSSR count). The highest BCUT2D eigenvalue weighted by Crippen LogP contribution is 2.08. The van der Waals surface area contributed by atoms with Crippen molar-refractivity contribution in [1.82, 2.24) is 14.9 Å².